The summed E-state index contributed by atoms with van der Waals surface area (Å²) in [6.45, 7) is 5.28. The van der Waals surface area contributed by atoms with Crippen molar-refractivity contribution in [2.45, 2.75) is 37.6 Å². The molecule has 0 atom stereocenters. The van der Waals surface area contributed by atoms with Gasteiger partial charge < -0.3 is 5.73 Å². The van der Waals surface area contributed by atoms with Crippen LogP contribution in [0.4, 0.5) is 0 Å². The lowest BCUT2D eigenvalue weighted by molar-refractivity contribution is 0.231. The van der Waals surface area contributed by atoms with Crippen molar-refractivity contribution in [3.05, 3.63) is 11.4 Å². The van der Waals surface area contributed by atoms with E-state index in [-0.39, 0.29) is 16.8 Å². The molecule has 21 heavy (non-hydrogen) atoms. The molecule has 1 aliphatic heterocycles. The molecular weight excluding hydrogens is 292 g/mol. The van der Waals surface area contributed by atoms with Gasteiger partial charge >= 0.3 is 0 Å². The normalized spacial score (nSPS) is 18.0. The van der Waals surface area contributed by atoms with E-state index in [1.807, 2.05) is 0 Å². The average molecular weight is 314 g/mol. The van der Waals surface area contributed by atoms with Gasteiger partial charge in [0.25, 0.3) is 0 Å². The van der Waals surface area contributed by atoms with E-state index in [4.69, 9.17) is 11.1 Å². The van der Waals surface area contributed by atoms with Gasteiger partial charge in [-0.05, 0) is 26.7 Å². The first kappa shape index (κ1) is 15.9. The van der Waals surface area contributed by atoms with Crippen LogP contribution < -0.4 is 10.5 Å². The van der Waals surface area contributed by atoms with Gasteiger partial charge in [-0.3, -0.25) is 15.4 Å². The quantitative estimate of drug-likeness (QED) is 0.438. The SMILES string of the molecule is Cc1n[nH]c(C)c1S(=O)(=O)NC1CCN(CC(=N)N)CC1. The zero-order valence-electron chi connectivity index (χ0n) is 12.3. The number of hydrogen-bond donors (Lipinski definition) is 4. The fourth-order valence-corrected chi connectivity index (χ4v) is 4.34. The Morgan fingerprint density at radius 3 is 2.57 bits per heavy atom. The number of aryl methyl sites for hydroxylation is 2. The van der Waals surface area contributed by atoms with Gasteiger partial charge in [-0.2, -0.15) is 5.10 Å². The van der Waals surface area contributed by atoms with Crippen molar-refractivity contribution in [3.63, 3.8) is 0 Å². The minimum absolute atomic E-state index is 0.0908. The molecule has 0 spiro atoms. The monoisotopic (exact) mass is 314 g/mol. The van der Waals surface area contributed by atoms with E-state index in [0.29, 0.717) is 30.8 Å². The summed E-state index contributed by atoms with van der Waals surface area (Å²) >= 11 is 0. The lowest BCUT2D eigenvalue weighted by atomic mass is 10.1. The molecule has 1 saturated heterocycles. The second-order valence-electron chi connectivity index (χ2n) is 5.46. The molecule has 0 amide bonds. The van der Waals surface area contributed by atoms with Crippen LogP contribution in [0.25, 0.3) is 0 Å². The minimum atomic E-state index is -3.55. The van der Waals surface area contributed by atoms with Crippen LogP contribution in [0.3, 0.4) is 0 Å². The number of hydrogen-bond acceptors (Lipinski definition) is 5. The molecule has 8 nitrogen and oxygen atoms in total. The third-order valence-corrected chi connectivity index (χ3v) is 5.42. The number of aromatic nitrogens is 2. The summed E-state index contributed by atoms with van der Waals surface area (Å²) in [4.78, 5) is 2.30. The van der Waals surface area contributed by atoms with E-state index in [1.54, 1.807) is 13.8 Å². The van der Waals surface area contributed by atoms with Crippen molar-refractivity contribution >= 4 is 15.9 Å². The van der Waals surface area contributed by atoms with E-state index in [0.717, 1.165) is 13.1 Å². The highest BCUT2D eigenvalue weighted by atomic mass is 32.2. The highest BCUT2D eigenvalue weighted by Crippen LogP contribution is 2.19. The molecule has 2 rings (SSSR count). The molecule has 9 heteroatoms. The topological polar surface area (TPSA) is 128 Å². The average Bonchev–Trinajstić information content (AvgIpc) is 2.71. The summed E-state index contributed by atoms with van der Waals surface area (Å²) in [7, 11) is -3.55. The summed E-state index contributed by atoms with van der Waals surface area (Å²) in [6, 6.07) is -0.0908. The first-order valence-electron chi connectivity index (χ1n) is 6.88. The minimum Gasteiger partial charge on any atom is -0.387 e. The van der Waals surface area contributed by atoms with Gasteiger partial charge in [-0.25, -0.2) is 13.1 Å². The Hall–Kier alpha value is -1.45. The molecule has 5 N–H and O–H groups in total. The first-order valence-corrected chi connectivity index (χ1v) is 8.37. The zero-order valence-corrected chi connectivity index (χ0v) is 13.1. The Labute approximate surface area is 124 Å². The van der Waals surface area contributed by atoms with Crippen molar-refractivity contribution < 1.29 is 8.42 Å². The number of nitrogens with two attached hydrogens (primary N) is 1. The predicted molar refractivity (Wildman–Crippen MR) is 79.8 cm³/mol. The second kappa shape index (κ2) is 6.12. The number of nitrogens with zero attached hydrogens (tertiary/aromatic N) is 2. The highest BCUT2D eigenvalue weighted by Gasteiger charge is 2.28. The van der Waals surface area contributed by atoms with Gasteiger partial charge in [-0.15, -0.1) is 0 Å². The van der Waals surface area contributed by atoms with Crippen molar-refractivity contribution in [3.8, 4) is 0 Å². The third kappa shape index (κ3) is 3.80. The number of rotatable bonds is 5. The molecule has 0 saturated carbocycles. The fraction of sp³-hybridized carbons (Fsp3) is 0.667. The van der Waals surface area contributed by atoms with Crippen LogP contribution in [0, 0.1) is 19.3 Å². The number of H-pyrrole nitrogens is 1. The van der Waals surface area contributed by atoms with Crippen LogP contribution >= 0.6 is 0 Å². The van der Waals surface area contributed by atoms with E-state index >= 15 is 0 Å². The van der Waals surface area contributed by atoms with Gasteiger partial charge in [-0.1, -0.05) is 0 Å². The van der Waals surface area contributed by atoms with Crippen molar-refractivity contribution in [2.75, 3.05) is 19.6 Å². The molecule has 0 radical (unpaired) electrons. The van der Waals surface area contributed by atoms with Crippen LogP contribution in [-0.2, 0) is 10.0 Å². The van der Waals surface area contributed by atoms with Crippen LogP contribution in [0.1, 0.15) is 24.2 Å². The van der Waals surface area contributed by atoms with Crippen molar-refractivity contribution in [1.29, 1.82) is 5.41 Å². The Balaban J connectivity index is 1.99. The van der Waals surface area contributed by atoms with E-state index in [2.05, 4.69) is 19.8 Å². The van der Waals surface area contributed by atoms with Crippen molar-refractivity contribution in [2.24, 2.45) is 5.73 Å². The summed E-state index contributed by atoms with van der Waals surface area (Å²) in [5.41, 5.74) is 6.41. The summed E-state index contributed by atoms with van der Waals surface area (Å²) in [5, 5.41) is 13.9. The number of piperidine rings is 1. The molecule has 1 aromatic heterocycles. The van der Waals surface area contributed by atoms with Gasteiger partial charge in [0.05, 0.1) is 17.9 Å². The van der Waals surface area contributed by atoms with Gasteiger partial charge in [0.1, 0.15) is 10.7 Å². The molecule has 1 fully saturated rings. The van der Waals surface area contributed by atoms with Gasteiger partial charge in [0.2, 0.25) is 10.0 Å². The molecule has 1 aliphatic rings. The summed E-state index contributed by atoms with van der Waals surface area (Å²) in [6.07, 6.45) is 1.42. The van der Waals surface area contributed by atoms with Crippen LogP contribution in [-0.4, -0.2) is 55.0 Å². The summed E-state index contributed by atoms with van der Waals surface area (Å²) in [5.74, 6) is 0.138. The molecule has 1 aromatic rings. The number of nitrogens with one attached hydrogen (secondary N) is 3. The van der Waals surface area contributed by atoms with Crippen molar-refractivity contribution in [1.82, 2.24) is 19.8 Å². The van der Waals surface area contributed by atoms with Crippen LogP contribution in [0.5, 0.6) is 0 Å². The number of sulfonamides is 1. The third-order valence-electron chi connectivity index (χ3n) is 3.63. The fourth-order valence-electron chi connectivity index (χ4n) is 2.66. The Kier molecular flexibility index (Phi) is 4.64. The Morgan fingerprint density at radius 2 is 2.10 bits per heavy atom. The number of likely N-dealkylation sites (tertiary alicyclic amines) is 1. The smallest absolute Gasteiger partial charge is 0.244 e. The lowest BCUT2D eigenvalue weighted by Gasteiger charge is -2.31. The molecule has 0 aliphatic carbocycles. The standard InChI is InChI=1S/C12H22N6O2S/c1-8-12(9(2)16-15-8)21(19,20)17-10-3-5-18(6-4-10)7-11(13)14/h10,17H,3-7H2,1-2H3,(H3,13,14)(H,15,16). The first-order chi connectivity index (χ1) is 9.79. The van der Waals surface area contributed by atoms with E-state index in [9.17, 15) is 8.42 Å². The maximum Gasteiger partial charge on any atom is 0.244 e. The maximum absolute atomic E-state index is 12.4. The largest absolute Gasteiger partial charge is 0.387 e. The number of aromatic amines is 1. The Bertz CT molecular complexity index is 596. The zero-order chi connectivity index (χ0) is 15.6. The Morgan fingerprint density at radius 1 is 1.48 bits per heavy atom. The second-order valence-corrected chi connectivity index (χ2v) is 7.11. The molecule has 118 valence electrons. The van der Waals surface area contributed by atoms with Crippen LogP contribution in [0.15, 0.2) is 4.90 Å². The van der Waals surface area contributed by atoms with E-state index in [1.165, 1.54) is 0 Å². The molecule has 0 bridgehead atoms. The van der Waals surface area contributed by atoms with Gasteiger partial charge in [0.15, 0.2) is 0 Å². The molecule has 0 aromatic carbocycles. The molecule has 0 unspecified atom stereocenters. The molecular formula is C12H22N6O2S. The maximum atomic E-state index is 12.4. The summed E-state index contributed by atoms with van der Waals surface area (Å²) < 4.78 is 27.6. The molecule has 2 heterocycles. The number of amidine groups is 1. The van der Waals surface area contributed by atoms with E-state index < -0.39 is 10.0 Å². The lowest BCUT2D eigenvalue weighted by Crippen LogP contribution is -2.46. The predicted octanol–water partition coefficient (Wildman–Crippen LogP) is -0.295. The highest BCUT2D eigenvalue weighted by molar-refractivity contribution is 7.89. The van der Waals surface area contributed by atoms with Crippen LogP contribution in [0.2, 0.25) is 0 Å². The van der Waals surface area contributed by atoms with Gasteiger partial charge in [0, 0.05) is 19.1 Å².